The number of hydrogen-bond donors (Lipinski definition) is 1. The Morgan fingerprint density at radius 3 is 2.66 bits per heavy atom. The molecule has 0 fully saturated rings. The molecule has 1 atom stereocenters. The second-order valence-electron chi connectivity index (χ2n) is 6.23. The molecule has 1 heterocycles. The van der Waals surface area contributed by atoms with Crippen molar-refractivity contribution < 1.29 is 9.53 Å². The Balaban J connectivity index is 1.54. The van der Waals surface area contributed by atoms with Gasteiger partial charge < -0.3 is 14.6 Å². The summed E-state index contributed by atoms with van der Waals surface area (Å²) in [6, 6.07) is 14.1. The van der Waals surface area contributed by atoms with Gasteiger partial charge in [-0.15, -0.1) is 10.2 Å². The number of nitrogens with zero attached hydrogens (tertiary/aromatic N) is 3. The number of ether oxygens (including phenoxy) is 1. The molecule has 3 rings (SSSR count). The van der Waals surface area contributed by atoms with Gasteiger partial charge >= 0.3 is 0 Å². The van der Waals surface area contributed by atoms with Crippen LogP contribution in [0.4, 0.5) is 0 Å². The zero-order valence-electron chi connectivity index (χ0n) is 15.9. The van der Waals surface area contributed by atoms with Crippen LogP contribution in [-0.2, 0) is 7.05 Å². The Hall–Kier alpha value is -2.22. The maximum absolute atomic E-state index is 12.5. The summed E-state index contributed by atoms with van der Waals surface area (Å²) < 4.78 is 7.55. The molecule has 2 aromatic carbocycles. The van der Waals surface area contributed by atoms with Crippen LogP contribution in [0.25, 0.3) is 0 Å². The van der Waals surface area contributed by atoms with E-state index in [-0.39, 0.29) is 11.9 Å². The van der Waals surface area contributed by atoms with Gasteiger partial charge in [-0.2, -0.15) is 0 Å². The second kappa shape index (κ2) is 10.0. The number of amides is 1. The van der Waals surface area contributed by atoms with E-state index in [0.29, 0.717) is 28.0 Å². The van der Waals surface area contributed by atoms with Gasteiger partial charge in [0.1, 0.15) is 5.75 Å². The first-order valence-corrected chi connectivity index (χ1v) is 10.7. The minimum atomic E-state index is -0.329. The minimum Gasteiger partial charge on any atom is -0.493 e. The van der Waals surface area contributed by atoms with E-state index in [4.69, 9.17) is 27.9 Å². The molecule has 29 heavy (non-hydrogen) atoms. The Morgan fingerprint density at radius 1 is 1.17 bits per heavy atom. The Morgan fingerprint density at radius 2 is 1.93 bits per heavy atom. The van der Waals surface area contributed by atoms with Crippen LogP contribution in [0.1, 0.15) is 29.1 Å². The van der Waals surface area contributed by atoms with Gasteiger partial charge in [-0.05, 0) is 37.3 Å². The molecular weight excluding hydrogens is 431 g/mol. The molecule has 0 spiro atoms. The van der Waals surface area contributed by atoms with Gasteiger partial charge in [-0.25, -0.2) is 0 Å². The van der Waals surface area contributed by atoms with Crippen LogP contribution in [0.15, 0.2) is 53.7 Å². The van der Waals surface area contributed by atoms with Gasteiger partial charge in [-0.3, -0.25) is 4.79 Å². The lowest BCUT2D eigenvalue weighted by molar-refractivity contribution is 0.0937. The summed E-state index contributed by atoms with van der Waals surface area (Å²) in [6.45, 7) is 2.41. The topological polar surface area (TPSA) is 69.0 Å². The molecule has 1 aromatic heterocycles. The van der Waals surface area contributed by atoms with Crippen LogP contribution >= 0.6 is 35.0 Å². The van der Waals surface area contributed by atoms with Gasteiger partial charge in [0.2, 0.25) is 0 Å². The highest BCUT2D eigenvalue weighted by Gasteiger charge is 2.19. The summed E-state index contributed by atoms with van der Waals surface area (Å²) in [5.41, 5.74) is 0.432. The average molecular weight is 451 g/mol. The van der Waals surface area contributed by atoms with E-state index in [1.807, 2.05) is 48.9 Å². The van der Waals surface area contributed by atoms with Crippen molar-refractivity contribution >= 4 is 40.9 Å². The number of rotatable bonds is 8. The lowest BCUT2D eigenvalue weighted by Gasteiger charge is -2.14. The van der Waals surface area contributed by atoms with Gasteiger partial charge in [0.15, 0.2) is 11.0 Å². The quantitative estimate of drug-likeness (QED) is 0.394. The van der Waals surface area contributed by atoms with E-state index in [1.54, 1.807) is 23.9 Å². The van der Waals surface area contributed by atoms with Crippen LogP contribution in [0, 0.1) is 0 Å². The van der Waals surface area contributed by atoms with Crippen molar-refractivity contribution in [1.29, 1.82) is 0 Å². The standard InChI is InChI=1S/C20H20Cl2N4O2S/c1-13(23-19(27)14-8-9-16(21)17(22)12-14)18-24-25-20(26(18)2)29-11-10-28-15-6-4-3-5-7-15/h3-9,12-13H,10-11H2,1-2H3,(H,23,27). The maximum Gasteiger partial charge on any atom is 0.251 e. The van der Waals surface area contributed by atoms with Crippen molar-refractivity contribution in [3.05, 3.63) is 70.0 Å². The number of thioether (sulfide) groups is 1. The molecule has 3 aromatic rings. The van der Waals surface area contributed by atoms with Gasteiger partial charge in [0.05, 0.1) is 22.7 Å². The molecule has 0 saturated heterocycles. The van der Waals surface area contributed by atoms with Gasteiger partial charge in [0.25, 0.3) is 5.91 Å². The summed E-state index contributed by atoms with van der Waals surface area (Å²) in [5.74, 6) is 1.96. The van der Waals surface area contributed by atoms with Crippen molar-refractivity contribution in [1.82, 2.24) is 20.1 Å². The number of hydrogen-bond acceptors (Lipinski definition) is 5. The molecule has 1 unspecified atom stereocenters. The first kappa shape index (κ1) is 21.5. The fourth-order valence-electron chi connectivity index (χ4n) is 2.62. The molecule has 0 aliphatic rings. The number of para-hydroxylation sites is 1. The second-order valence-corrected chi connectivity index (χ2v) is 8.11. The molecule has 0 aliphatic carbocycles. The maximum atomic E-state index is 12.5. The van der Waals surface area contributed by atoms with Crippen LogP contribution in [-0.4, -0.2) is 33.0 Å². The monoisotopic (exact) mass is 450 g/mol. The van der Waals surface area contributed by atoms with Crippen molar-refractivity contribution in [3.63, 3.8) is 0 Å². The molecule has 9 heteroatoms. The molecule has 0 saturated carbocycles. The SMILES string of the molecule is CC(NC(=O)c1ccc(Cl)c(Cl)c1)c1nnc(SCCOc2ccccc2)n1C. The Bertz CT molecular complexity index is 982. The summed E-state index contributed by atoms with van der Waals surface area (Å²) in [6.07, 6.45) is 0. The normalized spacial score (nSPS) is 11.9. The van der Waals surface area contributed by atoms with Crippen molar-refractivity contribution in [2.24, 2.45) is 7.05 Å². The number of halogens is 2. The molecule has 1 N–H and O–H groups in total. The number of carbonyl (C=O) groups is 1. The molecule has 0 bridgehead atoms. The number of nitrogens with one attached hydrogen (secondary N) is 1. The van der Waals surface area contributed by atoms with Crippen LogP contribution in [0.5, 0.6) is 5.75 Å². The van der Waals surface area contributed by atoms with E-state index >= 15 is 0 Å². The summed E-state index contributed by atoms with van der Waals surface area (Å²) in [5, 5.41) is 12.8. The molecule has 0 aliphatic heterocycles. The first-order valence-electron chi connectivity index (χ1n) is 8.91. The van der Waals surface area contributed by atoms with E-state index < -0.39 is 0 Å². The Labute approximate surface area is 183 Å². The predicted octanol–water partition coefficient (Wildman–Crippen LogP) is 4.78. The van der Waals surface area contributed by atoms with E-state index in [1.165, 1.54) is 6.07 Å². The lowest BCUT2D eigenvalue weighted by atomic mass is 10.2. The molecule has 6 nitrogen and oxygen atoms in total. The molecular formula is C20H20Cl2N4O2S. The lowest BCUT2D eigenvalue weighted by Crippen LogP contribution is -2.28. The summed E-state index contributed by atoms with van der Waals surface area (Å²) in [4.78, 5) is 12.5. The predicted molar refractivity (Wildman–Crippen MR) is 116 cm³/mol. The van der Waals surface area contributed by atoms with Crippen molar-refractivity contribution in [3.8, 4) is 5.75 Å². The highest BCUT2D eigenvalue weighted by molar-refractivity contribution is 7.99. The van der Waals surface area contributed by atoms with Gasteiger partial charge in [0, 0.05) is 18.4 Å². The molecule has 0 radical (unpaired) electrons. The van der Waals surface area contributed by atoms with Crippen LogP contribution in [0.3, 0.4) is 0 Å². The zero-order valence-corrected chi connectivity index (χ0v) is 18.3. The van der Waals surface area contributed by atoms with E-state index in [2.05, 4.69) is 15.5 Å². The third-order valence-electron chi connectivity index (χ3n) is 4.11. The average Bonchev–Trinajstić information content (AvgIpc) is 3.08. The summed E-state index contributed by atoms with van der Waals surface area (Å²) in [7, 11) is 1.87. The van der Waals surface area contributed by atoms with E-state index in [9.17, 15) is 4.79 Å². The van der Waals surface area contributed by atoms with Crippen molar-refractivity contribution in [2.75, 3.05) is 12.4 Å². The zero-order chi connectivity index (χ0) is 20.8. The highest BCUT2D eigenvalue weighted by Crippen LogP contribution is 2.23. The number of aromatic nitrogens is 3. The first-order chi connectivity index (χ1) is 14.0. The van der Waals surface area contributed by atoms with Crippen LogP contribution < -0.4 is 10.1 Å². The Kier molecular flexibility index (Phi) is 7.41. The van der Waals surface area contributed by atoms with E-state index in [0.717, 1.165) is 16.7 Å². The third-order valence-corrected chi connectivity index (χ3v) is 5.84. The highest BCUT2D eigenvalue weighted by atomic mass is 35.5. The summed E-state index contributed by atoms with van der Waals surface area (Å²) >= 11 is 13.4. The fourth-order valence-corrected chi connectivity index (χ4v) is 3.65. The number of benzene rings is 2. The minimum absolute atomic E-state index is 0.260. The smallest absolute Gasteiger partial charge is 0.251 e. The third kappa shape index (κ3) is 5.65. The fraction of sp³-hybridized carbons (Fsp3) is 0.250. The van der Waals surface area contributed by atoms with Gasteiger partial charge in [-0.1, -0.05) is 53.2 Å². The molecule has 152 valence electrons. The van der Waals surface area contributed by atoms with Crippen molar-refractivity contribution in [2.45, 2.75) is 18.1 Å². The largest absolute Gasteiger partial charge is 0.493 e. The van der Waals surface area contributed by atoms with Crippen LogP contribution in [0.2, 0.25) is 10.0 Å². The number of carbonyl (C=O) groups excluding carboxylic acids is 1. The molecule has 1 amide bonds.